The van der Waals surface area contributed by atoms with Crippen molar-refractivity contribution >= 4 is 13.6 Å². The van der Waals surface area contributed by atoms with Crippen LogP contribution >= 0.6 is 7.34 Å². The van der Waals surface area contributed by atoms with E-state index in [4.69, 9.17) is 9.05 Å². The van der Waals surface area contributed by atoms with E-state index in [2.05, 4.69) is 46.1 Å². The molecule has 0 aromatic carbocycles. The Kier molecular flexibility index (Phi) is 49.2. The van der Waals surface area contributed by atoms with Gasteiger partial charge in [-0.3, -0.25) is 0 Å². The standard InChI is InChI=1S/C22H45O2P.C19H40.C2H6/c1-5-7-8-9-10-11-12-13-14-15-16-17-18-19-20-21-22-24-25(3,4)23-6-2;1-4-6-8-10-12-14-16-18-19(3)17-15-13-11-9-7-5-2;1-2/h13-14H,3,5-12,15-22H2,1-2,4H3;19H,4-18H2,1-3H3;1-2H3/b14-13-;;. The number of hydrogen-bond acceptors (Lipinski definition) is 2. The molecule has 0 N–H and O–H groups in total. The van der Waals surface area contributed by atoms with Crippen LogP contribution in [0.15, 0.2) is 12.2 Å². The molecular weight excluding hydrogens is 579 g/mol. The van der Waals surface area contributed by atoms with Gasteiger partial charge in [0.1, 0.15) is 7.34 Å². The van der Waals surface area contributed by atoms with Crippen LogP contribution in [0.4, 0.5) is 0 Å². The average molecular weight is 671 g/mol. The van der Waals surface area contributed by atoms with Gasteiger partial charge in [-0.2, -0.15) is 0 Å². The van der Waals surface area contributed by atoms with Crippen LogP contribution in [0.1, 0.15) is 235 Å². The molecule has 0 saturated heterocycles. The molecule has 3 heteroatoms. The minimum atomic E-state index is -1.79. The van der Waals surface area contributed by atoms with Crippen LogP contribution in [0, 0.1) is 5.92 Å². The molecule has 0 saturated carbocycles. The molecule has 0 aromatic rings. The molecule has 0 bridgehead atoms. The van der Waals surface area contributed by atoms with Crippen LogP contribution in [-0.2, 0) is 9.05 Å². The number of allylic oxidation sites excluding steroid dienone is 2. The first kappa shape index (κ1) is 50.3. The van der Waals surface area contributed by atoms with E-state index in [1.165, 1.54) is 180 Å². The maximum absolute atomic E-state index is 5.76. The van der Waals surface area contributed by atoms with E-state index in [0.717, 1.165) is 18.9 Å². The van der Waals surface area contributed by atoms with Crippen LogP contribution in [-0.4, -0.2) is 26.2 Å². The first-order chi connectivity index (χ1) is 22.4. The van der Waals surface area contributed by atoms with Gasteiger partial charge in [0, 0.05) is 6.66 Å². The first-order valence-electron chi connectivity index (χ1n) is 21.1. The van der Waals surface area contributed by atoms with E-state index in [0.29, 0.717) is 6.61 Å². The minimum absolute atomic E-state index is 0.696. The van der Waals surface area contributed by atoms with E-state index < -0.39 is 7.34 Å². The maximum Gasteiger partial charge on any atom is 0.114 e. The van der Waals surface area contributed by atoms with E-state index in [1.54, 1.807) is 0 Å². The van der Waals surface area contributed by atoms with E-state index in [-0.39, 0.29) is 0 Å². The second-order valence-corrected chi connectivity index (χ2v) is 16.3. The van der Waals surface area contributed by atoms with Gasteiger partial charge in [0.2, 0.25) is 0 Å². The van der Waals surface area contributed by atoms with Gasteiger partial charge in [-0.25, -0.2) is 0 Å². The summed E-state index contributed by atoms with van der Waals surface area (Å²) in [6.45, 7) is 18.8. The summed E-state index contributed by atoms with van der Waals surface area (Å²) >= 11 is 0. The van der Waals surface area contributed by atoms with E-state index in [9.17, 15) is 0 Å². The van der Waals surface area contributed by atoms with Crippen LogP contribution in [0.3, 0.4) is 0 Å². The Hall–Kier alpha value is -0.0400. The van der Waals surface area contributed by atoms with Gasteiger partial charge in [-0.15, -0.1) is 0 Å². The lowest BCUT2D eigenvalue weighted by molar-refractivity contribution is 0.253. The highest BCUT2D eigenvalue weighted by molar-refractivity contribution is 7.63. The topological polar surface area (TPSA) is 18.5 Å². The highest BCUT2D eigenvalue weighted by atomic mass is 31.2. The lowest BCUT2D eigenvalue weighted by atomic mass is 9.96. The van der Waals surface area contributed by atoms with Crippen LogP contribution in [0.2, 0.25) is 0 Å². The van der Waals surface area contributed by atoms with Gasteiger partial charge in [0.15, 0.2) is 0 Å². The molecule has 0 heterocycles. The second-order valence-electron chi connectivity index (χ2n) is 13.8. The summed E-state index contributed by atoms with van der Waals surface area (Å²) in [5.74, 6) is 0.974. The fourth-order valence-electron chi connectivity index (χ4n) is 5.78. The Morgan fingerprint density at radius 1 is 0.478 bits per heavy atom. The molecular formula is C43H91O2P. The van der Waals surface area contributed by atoms with Gasteiger partial charge in [0.05, 0.1) is 13.2 Å². The Morgan fingerprint density at radius 3 is 1.17 bits per heavy atom. The highest BCUT2D eigenvalue weighted by Gasteiger charge is 2.06. The van der Waals surface area contributed by atoms with Crippen molar-refractivity contribution in [3.05, 3.63) is 12.2 Å². The Labute approximate surface area is 294 Å². The smallest absolute Gasteiger partial charge is 0.114 e. The molecule has 0 amide bonds. The van der Waals surface area contributed by atoms with Crippen molar-refractivity contribution in [2.45, 2.75) is 235 Å². The van der Waals surface area contributed by atoms with Gasteiger partial charge in [-0.1, -0.05) is 214 Å². The zero-order valence-corrected chi connectivity index (χ0v) is 34.5. The summed E-state index contributed by atoms with van der Waals surface area (Å²) in [5.41, 5.74) is 0. The van der Waals surface area contributed by atoms with Crippen molar-refractivity contribution in [2.24, 2.45) is 5.92 Å². The molecule has 2 nitrogen and oxygen atoms in total. The normalized spacial score (nSPS) is 13.1. The zero-order valence-electron chi connectivity index (χ0n) is 33.6. The third-order valence-corrected chi connectivity index (χ3v) is 10.3. The second kappa shape index (κ2) is 45.0. The molecule has 0 aliphatic heterocycles. The summed E-state index contributed by atoms with van der Waals surface area (Å²) in [6.07, 6.45) is 49.3. The number of unbranched alkanes of at least 4 members (excludes halogenated alkanes) is 23. The van der Waals surface area contributed by atoms with Crippen LogP contribution in [0.5, 0.6) is 0 Å². The number of rotatable bonds is 34. The van der Waals surface area contributed by atoms with E-state index in [1.807, 2.05) is 27.4 Å². The maximum atomic E-state index is 5.76. The zero-order chi connectivity index (χ0) is 34.8. The molecule has 0 fully saturated rings. The van der Waals surface area contributed by atoms with Crippen molar-refractivity contribution in [2.75, 3.05) is 19.9 Å². The molecule has 2 atom stereocenters. The van der Waals surface area contributed by atoms with Gasteiger partial charge in [0.25, 0.3) is 0 Å². The van der Waals surface area contributed by atoms with Crippen molar-refractivity contribution in [3.63, 3.8) is 0 Å². The molecule has 2 unspecified atom stereocenters. The van der Waals surface area contributed by atoms with Gasteiger partial charge >= 0.3 is 0 Å². The summed E-state index contributed by atoms with van der Waals surface area (Å²) in [5, 5.41) is 0. The third-order valence-electron chi connectivity index (χ3n) is 8.77. The first-order valence-corrected chi connectivity index (χ1v) is 23.3. The van der Waals surface area contributed by atoms with Crippen molar-refractivity contribution in [1.82, 2.24) is 0 Å². The Balaban J connectivity index is -0.000000788. The van der Waals surface area contributed by atoms with Crippen LogP contribution in [0.25, 0.3) is 0 Å². The van der Waals surface area contributed by atoms with Crippen molar-refractivity contribution in [3.8, 4) is 0 Å². The van der Waals surface area contributed by atoms with Gasteiger partial charge < -0.3 is 9.05 Å². The molecule has 46 heavy (non-hydrogen) atoms. The van der Waals surface area contributed by atoms with Gasteiger partial charge in [-0.05, 0) is 44.9 Å². The number of hydrogen-bond donors (Lipinski definition) is 0. The summed E-state index contributed by atoms with van der Waals surface area (Å²) in [7, 11) is -1.79. The third kappa shape index (κ3) is 48.4. The molecule has 0 aromatic heterocycles. The Morgan fingerprint density at radius 2 is 0.804 bits per heavy atom. The molecule has 280 valence electrons. The molecule has 0 rings (SSSR count). The lowest BCUT2D eigenvalue weighted by Crippen LogP contribution is -1.96. The summed E-state index contributed by atoms with van der Waals surface area (Å²) < 4.78 is 11.3. The van der Waals surface area contributed by atoms with Crippen LogP contribution < -0.4 is 0 Å². The lowest BCUT2D eigenvalue weighted by Gasteiger charge is -2.18. The quantitative estimate of drug-likeness (QED) is 0.0385. The Bertz CT molecular complexity index is 587. The predicted octanol–water partition coefficient (Wildman–Crippen LogP) is 16.5. The summed E-state index contributed by atoms with van der Waals surface area (Å²) in [4.78, 5) is 0. The molecule has 0 spiro atoms. The molecule has 0 aliphatic carbocycles. The predicted molar refractivity (Wildman–Crippen MR) is 218 cm³/mol. The monoisotopic (exact) mass is 671 g/mol. The largest absolute Gasteiger partial charge is 0.338 e. The van der Waals surface area contributed by atoms with Crippen molar-refractivity contribution in [1.29, 1.82) is 0 Å². The van der Waals surface area contributed by atoms with E-state index >= 15 is 0 Å². The SMILES string of the molecule is C=P(C)(OCC)OCCCCCCCC/C=C\CCCCCCCC.CC.CCCCCCCCCC(C)CCCCCCCC. The molecule has 0 aliphatic rings. The summed E-state index contributed by atoms with van der Waals surface area (Å²) in [6, 6.07) is 0. The fourth-order valence-corrected chi connectivity index (χ4v) is 6.92. The minimum Gasteiger partial charge on any atom is -0.338 e. The highest BCUT2D eigenvalue weighted by Crippen LogP contribution is 2.43. The fraction of sp³-hybridized carbons (Fsp3) is 0.930. The molecule has 0 radical (unpaired) electrons. The average Bonchev–Trinajstić information content (AvgIpc) is 3.05. The van der Waals surface area contributed by atoms with Crippen molar-refractivity contribution < 1.29 is 9.05 Å².